The van der Waals surface area contributed by atoms with Gasteiger partial charge < -0.3 is 4.42 Å². The molecule has 3 rings (SSSR count). The summed E-state index contributed by atoms with van der Waals surface area (Å²) in [6.45, 7) is 0. The fraction of sp³-hybridized carbons (Fsp3) is 0.0714. The molecule has 0 spiro atoms. The highest BCUT2D eigenvalue weighted by Gasteiger charge is 2.19. The van der Waals surface area contributed by atoms with Gasteiger partial charge in [-0.15, -0.1) is 0 Å². The lowest BCUT2D eigenvalue weighted by Gasteiger charge is -2.17. The Morgan fingerprint density at radius 3 is 2.84 bits per heavy atom. The Hall–Kier alpha value is -1.88. The average molecular weight is 274 g/mol. The second-order valence-electron chi connectivity index (χ2n) is 4.19. The van der Waals surface area contributed by atoms with Crippen molar-refractivity contribution >= 4 is 22.4 Å². The molecule has 4 nitrogen and oxygen atoms in total. The molecule has 0 saturated heterocycles. The smallest absolute Gasteiger partial charge is 0.198 e. The maximum atomic E-state index is 6.04. The number of nitrogens with two attached hydrogens (primary N) is 1. The van der Waals surface area contributed by atoms with E-state index < -0.39 is 0 Å². The standard InChI is InChI=1S/C14H12ClN3O/c15-14-11(5-7-19-14)13(18-16)10-3-1-2-9-4-6-17-8-12(9)10/h1-8,13,18H,16H2. The average Bonchev–Trinajstić information content (AvgIpc) is 2.86. The Morgan fingerprint density at radius 2 is 2.11 bits per heavy atom. The summed E-state index contributed by atoms with van der Waals surface area (Å²) >= 11 is 6.04. The molecule has 0 radical (unpaired) electrons. The zero-order chi connectivity index (χ0) is 13.2. The zero-order valence-electron chi connectivity index (χ0n) is 10.0. The van der Waals surface area contributed by atoms with Crippen LogP contribution in [0.2, 0.25) is 5.22 Å². The summed E-state index contributed by atoms with van der Waals surface area (Å²) < 4.78 is 5.14. The van der Waals surface area contributed by atoms with E-state index in [1.807, 2.05) is 36.5 Å². The van der Waals surface area contributed by atoms with E-state index in [0.717, 1.165) is 21.9 Å². The largest absolute Gasteiger partial charge is 0.453 e. The predicted octanol–water partition coefficient (Wildman–Crippen LogP) is 3.03. The van der Waals surface area contributed by atoms with E-state index in [0.29, 0.717) is 5.22 Å². The Bertz CT molecular complexity index is 705. The van der Waals surface area contributed by atoms with Crippen LogP contribution in [0.3, 0.4) is 0 Å². The highest BCUT2D eigenvalue weighted by molar-refractivity contribution is 6.29. The first kappa shape index (κ1) is 12.2. The summed E-state index contributed by atoms with van der Waals surface area (Å²) in [4.78, 5) is 4.17. The van der Waals surface area contributed by atoms with Crippen molar-refractivity contribution in [1.29, 1.82) is 0 Å². The van der Waals surface area contributed by atoms with Crippen molar-refractivity contribution in [3.8, 4) is 0 Å². The van der Waals surface area contributed by atoms with Crippen molar-refractivity contribution in [3.05, 3.63) is 65.3 Å². The summed E-state index contributed by atoms with van der Waals surface area (Å²) in [5.74, 6) is 5.69. The molecule has 0 aliphatic carbocycles. The highest BCUT2D eigenvalue weighted by atomic mass is 35.5. The Morgan fingerprint density at radius 1 is 1.21 bits per heavy atom. The number of rotatable bonds is 3. The first-order valence-electron chi connectivity index (χ1n) is 5.83. The molecule has 0 amide bonds. The van der Waals surface area contributed by atoms with Gasteiger partial charge in [0.1, 0.15) is 0 Å². The van der Waals surface area contributed by atoms with Crippen LogP contribution < -0.4 is 11.3 Å². The van der Waals surface area contributed by atoms with Gasteiger partial charge in [0.2, 0.25) is 0 Å². The Balaban J connectivity index is 2.20. The minimum absolute atomic E-state index is 0.237. The number of halogens is 1. The second kappa shape index (κ2) is 5.01. The van der Waals surface area contributed by atoms with Gasteiger partial charge in [0.25, 0.3) is 0 Å². The molecule has 3 N–H and O–H groups in total. The molecular formula is C14H12ClN3O. The van der Waals surface area contributed by atoms with Gasteiger partial charge in [0.05, 0.1) is 12.3 Å². The molecule has 1 aromatic carbocycles. The third kappa shape index (κ3) is 2.10. The van der Waals surface area contributed by atoms with Crippen molar-refractivity contribution in [3.63, 3.8) is 0 Å². The van der Waals surface area contributed by atoms with Gasteiger partial charge in [-0.25, -0.2) is 5.43 Å². The van der Waals surface area contributed by atoms with Crippen molar-refractivity contribution in [2.45, 2.75) is 6.04 Å². The number of nitrogens with zero attached hydrogens (tertiary/aromatic N) is 1. The number of benzene rings is 1. The van der Waals surface area contributed by atoms with E-state index in [9.17, 15) is 0 Å². The van der Waals surface area contributed by atoms with E-state index in [-0.39, 0.29) is 6.04 Å². The summed E-state index contributed by atoms with van der Waals surface area (Å²) in [5.41, 5.74) is 4.60. The molecule has 0 saturated carbocycles. The van der Waals surface area contributed by atoms with Gasteiger partial charge in [0.15, 0.2) is 5.22 Å². The molecular weight excluding hydrogens is 262 g/mol. The summed E-state index contributed by atoms with van der Waals surface area (Å²) in [6, 6.07) is 9.55. The molecule has 0 fully saturated rings. The van der Waals surface area contributed by atoms with Gasteiger partial charge in [-0.3, -0.25) is 10.8 Å². The van der Waals surface area contributed by atoms with E-state index >= 15 is 0 Å². The van der Waals surface area contributed by atoms with Crippen LogP contribution in [0.5, 0.6) is 0 Å². The van der Waals surface area contributed by atoms with Crippen molar-refractivity contribution in [2.75, 3.05) is 0 Å². The third-order valence-corrected chi connectivity index (χ3v) is 3.46. The number of fused-ring (bicyclic) bond motifs is 1. The van der Waals surface area contributed by atoms with Gasteiger partial charge in [-0.1, -0.05) is 18.2 Å². The van der Waals surface area contributed by atoms with Gasteiger partial charge in [0, 0.05) is 23.3 Å². The normalized spacial score (nSPS) is 12.7. The number of hydrogen-bond acceptors (Lipinski definition) is 4. The lowest BCUT2D eigenvalue weighted by molar-refractivity contribution is 0.556. The van der Waals surface area contributed by atoms with Crippen LogP contribution in [0.4, 0.5) is 0 Å². The number of hydrazine groups is 1. The van der Waals surface area contributed by atoms with E-state index in [1.165, 1.54) is 0 Å². The number of hydrogen-bond donors (Lipinski definition) is 2. The molecule has 19 heavy (non-hydrogen) atoms. The summed E-state index contributed by atoms with van der Waals surface area (Å²) in [6.07, 6.45) is 5.14. The van der Waals surface area contributed by atoms with E-state index in [4.69, 9.17) is 21.9 Å². The molecule has 0 aliphatic heterocycles. The van der Waals surface area contributed by atoms with E-state index in [2.05, 4.69) is 10.4 Å². The summed E-state index contributed by atoms with van der Waals surface area (Å²) in [5, 5.41) is 2.47. The number of furan rings is 1. The number of pyridine rings is 1. The monoisotopic (exact) mass is 273 g/mol. The zero-order valence-corrected chi connectivity index (χ0v) is 10.8. The topological polar surface area (TPSA) is 64.1 Å². The summed E-state index contributed by atoms with van der Waals surface area (Å²) in [7, 11) is 0. The second-order valence-corrected chi connectivity index (χ2v) is 4.54. The van der Waals surface area contributed by atoms with Crippen LogP contribution in [0.15, 0.2) is 53.4 Å². The van der Waals surface area contributed by atoms with Crippen LogP contribution in [-0.4, -0.2) is 4.98 Å². The van der Waals surface area contributed by atoms with Crippen LogP contribution in [0, 0.1) is 0 Å². The SMILES string of the molecule is NNC(c1ccoc1Cl)c1cccc2ccncc12. The Labute approximate surface area is 115 Å². The third-order valence-electron chi connectivity index (χ3n) is 3.15. The molecule has 3 aromatic rings. The Kier molecular flexibility index (Phi) is 3.21. The number of aromatic nitrogens is 1. The molecule has 2 aromatic heterocycles. The minimum Gasteiger partial charge on any atom is -0.453 e. The first-order valence-corrected chi connectivity index (χ1v) is 6.20. The fourth-order valence-electron chi connectivity index (χ4n) is 2.25. The van der Waals surface area contributed by atoms with Gasteiger partial charge in [-0.2, -0.15) is 0 Å². The van der Waals surface area contributed by atoms with Crippen LogP contribution in [0.1, 0.15) is 17.2 Å². The molecule has 0 aliphatic rings. The van der Waals surface area contributed by atoms with Gasteiger partial charge in [-0.05, 0) is 34.7 Å². The molecule has 0 bridgehead atoms. The number of nitrogens with one attached hydrogen (secondary N) is 1. The molecule has 5 heteroatoms. The van der Waals surface area contributed by atoms with Crippen LogP contribution >= 0.6 is 11.6 Å². The van der Waals surface area contributed by atoms with Crippen molar-refractivity contribution in [2.24, 2.45) is 5.84 Å². The first-order chi connectivity index (χ1) is 9.31. The lowest BCUT2D eigenvalue weighted by atomic mass is 9.97. The molecule has 2 heterocycles. The maximum absolute atomic E-state index is 6.04. The van der Waals surface area contributed by atoms with Crippen LogP contribution in [-0.2, 0) is 0 Å². The van der Waals surface area contributed by atoms with Crippen LogP contribution in [0.25, 0.3) is 10.8 Å². The maximum Gasteiger partial charge on any atom is 0.198 e. The molecule has 96 valence electrons. The quantitative estimate of drug-likeness (QED) is 0.569. The van der Waals surface area contributed by atoms with E-state index in [1.54, 1.807) is 12.5 Å². The lowest BCUT2D eigenvalue weighted by Crippen LogP contribution is -2.28. The highest BCUT2D eigenvalue weighted by Crippen LogP contribution is 2.32. The minimum atomic E-state index is -0.237. The van der Waals surface area contributed by atoms with Crippen molar-refractivity contribution in [1.82, 2.24) is 10.4 Å². The predicted molar refractivity (Wildman–Crippen MR) is 74.6 cm³/mol. The molecule has 1 unspecified atom stereocenters. The molecule has 1 atom stereocenters. The van der Waals surface area contributed by atoms with Gasteiger partial charge >= 0.3 is 0 Å². The fourth-order valence-corrected chi connectivity index (χ4v) is 2.47. The van der Waals surface area contributed by atoms with Crippen molar-refractivity contribution < 1.29 is 4.42 Å².